The average molecular weight is 1180 g/mol. The Kier molecular flexibility index (Phi) is 23.8. The minimum absolute atomic E-state index is 0. The number of aromatic amines is 2. The Labute approximate surface area is 435 Å². The van der Waals surface area contributed by atoms with Crippen LogP contribution in [0.4, 0.5) is 17.6 Å². The minimum atomic E-state index is -4.29. The van der Waals surface area contributed by atoms with E-state index in [1.54, 1.807) is 17.1 Å². The quantitative estimate of drug-likeness (QED) is 0.0321. The maximum Gasteiger partial charge on any atom is 0.349 e. The molecule has 0 fully saturated rings. The van der Waals surface area contributed by atoms with Gasteiger partial charge in [0.15, 0.2) is 22.9 Å². The van der Waals surface area contributed by atoms with Crippen molar-refractivity contribution < 1.29 is 63.6 Å². The monoisotopic (exact) mass is 1170 g/mol. The second-order valence-corrected chi connectivity index (χ2v) is 19.2. The molecule has 0 atom stereocenters. The number of methoxy groups -OCH3 is 2. The molecule has 2 heterocycles. The Balaban J connectivity index is 0.000000448. The van der Waals surface area contributed by atoms with Gasteiger partial charge in [-0.25, -0.2) is 48.7 Å². The number of aromatic nitrogens is 6. The maximum absolute atomic E-state index is 13.0. The first-order valence-corrected chi connectivity index (χ1v) is 24.2. The van der Waals surface area contributed by atoms with Crippen molar-refractivity contribution in [3.8, 4) is 45.9 Å². The van der Waals surface area contributed by atoms with E-state index in [2.05, 4.69) is 19.7 Å². The number of hydrogen-bond acceptors (Lipinski definition) is 17. The van der Waals surface area contributed by atoms with E-state index in [-0.39, 0.29) is 82.5 Å². The number of nitrogens with two attached hydrogens (primary N) is 1. The number of phenols is 2. The van der Waals surface area contributed by atoms with Crippen molar-refractivity contribution in [1.29, 1.82) is 0 Å². The lowest BCUT2D eigenvalue weighted by Crippen LogP contribution is -2.34. The van der Waals surface area contributed by atoms with Gasteiger partial charge in [-0.3, -0.25) is 19.6 Å². The van der Waals surface area contributed by atoms with E-state index >= 15 is 0 Å². The van der Waals surface area contributed by atoms with Crippen LogP contribution in [-0.2, 0) is 28.5 Å². The molecule has 4 aromatic carbocycles. The van der Waals surface area contributed by atoms with E-state index in [9.17, 15) is 63.8 Å². The smallest absolute Gasteiger partial charge is 0.349 e. The van der Waals surface area contributed by atoms with Crippen LogP contribution in [0.5, 0.6) is 34.5 Å². The van der Waals surface area contributed by atoms with Gasteiger partial charge in [-0.1, -0.05) is 61.3 Å². The fourth-order valence-corrected chi connectivity index (χ4v) is 8.40. The highest BCUT2D eigenvalue weighted by Crippen LogP contribution is 2.41. The summed E-state index contributed by atoms with van der Waals surface area (Å²) in [5.74, 6) is -1.73. The SMILES string of the molecule is C.C.COCCN.COCCNS(=O)(=O)c1cc(Oc2c(Cl)cc(-n3nc(C(F)F)c(=O)[nH]c3=O)cc2Cl)ccc1O.O=c1[nH]c(=O)n(-c2cc(Cl)c(Oc3ccc(O)c(S(=O)(=O)Cl)c3)c(Cl)c2)nc1C(F)F. The third-order valence-electron chi connectivity index (χ3n) is 8.35. The molecule has 33 heteroatoms. The molecule has 0 aliphatic rings. The summed E-state index contributed by atoms with van der Waals surface area (Å²) in [5.41, 5.74) is -2.60. The molecule has 0 spiro atoms. The van der Waals surface area contributed by atoms with Gasteiger partial charge in [0.1, 0.15) is 32.8 Å². The number of ether oxygens (including phenoxy) is 4. The van der Waals surface area contributed by atoms with Gasteiger partial charge in [-0.15, -0.1) is 0 Å². The number of rotatable bonds is 16. The van der Waals surface area contributed by atoms with Crippen molar-refractivity contribution in [2.24, 2.45) is 5.73 Å². The van der Waals surface area contributed by atoms with Crippen LogP contribution in [0.15, 0.2) is 89.6 Å². The number of halogens is 9. The number of sulfonamides is 1. The van der Waals surface area contributed by atoms with Crippen molar-refractivity contribution >= 4 is 76.2 Å². The maximum atomic E-state index is 13.0. The van der Waals surface area contributed by atoms with Gasteiger partial charge < -0.3 is 34.9 Å². The van der Waals surface area contributed by atoms with Crippen LogP contribution in [-0.4, -0.2) is 97.1 Å². The van der Waals surface area contributed by atoms with Gasteiger partial charge in [0.2, 0.25) is 10.0 Å². The van der Waals surface area contributed by atoms with E-state index in [0.29, 0.717) is 22.5 Å². The van der Waals surface area contributed by atoms with Gasteiger partial charge in [-0.2, -0.15) is 19.6 Å². The molecule has 0 bridgehead atoms. The van der Waals surface area contributed by atoms with E-state index in [4.69, 9.17) is 77.0 Å². The summed E-state index contributed by atoms with van der Waals surface area (Å²) in [4.78, 5) is 49.3. The molecule has 0 unspecified atom stereocenters. The first-order chi connectivity index (χ1) is 33.2. The van der Waals surface area contributed by atoms with Gasteiger partial charge >= 0.3 is 11.4 Å². The predicted molar refractivity (Wildman–Crippen MR) is 262 cm³/mol. The molecule has 0 amide bonds. The number of alkyl halides is 4. The molecule has 0 radical (unpaired) electrons. The van der Waals surface area contributed by atoms with E-state index in [1.165, 1.54) is 19.2 Å². The van der Waals surface area contributed by atoms with Crippen LogP contribution in [0.3, 0.4) is 0 Å². The summed E-state index contributed by atoms with van der Waals surface area (Å²) in [6.45, 7) is 1.34. The molecule has 6 rings (SSSR count). The summed E-state index contributed by atoms with van der Waals surface area (Å²) < 4.78 is 123. The zero-order chi connectivity index (χ0) is 53.1. The highest BCUT2D eigenvalue weighted by atomic mass is 35.7. The summed E-state index contributed by atoms with van der Waals surface area (Å²) in [5, 5.41) is 25.5. The Bertz CT molecular complexity index is 3340. The molecule has 73 heavy (non-hydrogen) atoms. The zero-order valence-corrected chi connectivity index (χ0v) is 41.0. The van der Waals surface area contributed by atoms with E-state index in [0.717, 1.165) is 48.5 Å². The van der Waals surface area contributed by atoms with Crippen molar-refractivity contribution in [1.82, 2.24) is 34.3 Å². The lowest BCUT2D eigenvalue weighted by Gasteiger charge is -2.14. The van der Waals surface area contributed by atoms with Crippen molar-refractivity contribution in [3.05, 3.63) is 134 Å². The second kappa shape index (κ2) is 27.5. The molecule has 400 valence electrons. The molecule has 0 saturated heterocycles. The summed E-state index contributed by atoms with van der Waals surface area (Å²) in [6.07, 6.45) is -6.49. The molecular weight excluding hydrogens is 1130 g/mol. The molecular formula is C40H41Cl5F4N8O14S2. The Hall–Kier alpha value is -5.79. The third kappa shape index (κ3) is 16.6. The van der Waals surface area contributed by atoms with Crippen LogP contribution < -0.4 is 42.4 Å². The molecule has 7 N–H and O–H groups in total. The molecule has 2 aromatic heterocycles. The Morgan fingerprint density at radius 1 is 0.658 bits per heavy atom. The Morgan fingerprint density at radius 3 is 1.36 bits per heavy atom. The van der Waals surface area contributed by atoms with Crippen molar-refractivity contribution in [2.45, 2.75) is 37.5 Å². The van der Waals surface area contributed by atoms with Crippen LogP contribution in [0.1, 0.15) is 39.1 Å². The normalized spacial score (nSPS) is 11.2. The number of hydrogen-bond donors (Lipinski definition) is 6. The van der Waals surface area contributed by atoms with Crippen LogP contribution in [0.25, 0.3) is 11.4 Å². The number of H-pyrrole nitrogens is 2. The largest absolute Gasteiger partial charge is 0.507 e. The first kappa shape index (κ1) is 63.3. The second-order valence-electron chi connectivity index (χ2n) is 13.3. The average Bonchev–Trinajstić information content (AvgIpc) is 3.27. The number of phenolic OH excluding ortho intramolecular Hbond substituents is 2. The van der Waals surface area contributed by atoms with Gasteiger partial charge in [0.25, 0.3) is 33.0 Å². The molecule has 0 aliphatic heterocycles. The lowest BCUT2D eigenvalue weighted by molar-refractivity contribution is 0.141. The van der Waals surface area contributed by atoms with Gasteiger partial charge in [0, 0.05) is 50.1 Å². The van der Waals surface area contributed by atoms with E-state index in [1.807, 2.05) is 0 Å². The van der Waals surface area contributed by atoms with Crippen molar-refractivity contribution in [2.75, 3.05) is 40.5 Å². The van der Waals surface area contributed by atoms with Gasteiger partial charge in [0.05, 0.1) is 44.7 Å². The summed E-state index contributed by atoms with van der Waals surface area (Å²) in [6, 6.07) is 10.9. The number of nitrogens with one attached hydrogen (secondary N) is 3. The summed E-state index contributed by atoms with van der Waals surface area (Å²) >= 11 is 24.6. The first-order valence-electron chi connectivity index (χ1n) is 18.9. The fraction of sp³-hybridized carbons (Fsp3) is 0.250. The standard InChI is InChI=1S/C19H16Cl2F2N4O7S.C16H8Cl3F2N3O6S.C3H9NO.2CH4/c1-33-5-4-24-35(31,32)14-8-10(2-3-13(14)28)34-16-11(20)6-9(7-12(16)21)27-19(30)25-18(29)15(26-27)17(22)23;17-8-3-6(24-16(27)22-15(26)12(23-24)14(20)21)4-9(18)13(8)30-7-1-2-10(25)11(5-7)31(19,28)29;1-5-3-2-4;;/h2-3,6-8,17,24,28H,4-5H2,1H3,(H,25,29,30);1-5,14,25H,(H,22,26,27);2-4H2,1H3;2*1H4. The highest BCUT2D eigenvalue weighted by molar-refractivity contribution is 8.13. The van der Waals surface area contributed by atoms with Crippen LogP contribution in [0.2, 0.25) is 20.1 Å². The minimum Gasteiger partial charge on any atom is -0.507 e. The molecule has 22 nitrogen and oxygen atoms in total. The number of nitrogens with zero attached hydrogens (tertiary/aromatic N) is 4. The third-order valence-corrected chi connectivity index (χ3v) is 12.3. The number of aromatic hydroxyl groups is 2. The molecule has 0 saturated carbocycles. The Morgan fingerprint density at radius 2 is 1.03 bits per heavy atom. The predicted octanol–water partition coefficient (Wildman–Crippen LogP) is 7.04. The summed E-state index contributed by atoms with van der Waals surface area (Å²) in [7, 11) is -0.156. The van der Waals surface area contributed by atoms with E-state index < -0.39 is 87.1 Å². The molecule has 0 aliphatic carbocycles. The fourth-order valence-electron chi connectivity index (χ4n) is 5.23. The highest BCUT2D eigenvalue weighted by Gasteiger charge is 2.24. The number of benzene rings is 4. The lowest BCUT2D eigenvalue weighted by atomic mass is 10.3. The van der Waals surface area contributed by atoms with Crippen LogP contribution >= 0.6 is 57.1 Å². The molecule has 6 aromatic rings. The van der Waals surface area contributed by atoms with Crippen LogP contribution in [0, 0.1) is 0 Å². The van der Waals surface area contributed by atoms with Crippen molar-refractivity contribution in [3.63, 3.8) is 0 Å². The topological polar surface area (TPSA) is 319 Å². The van der Waals surface area contributed by atoms with Gasteiger partial charge in [-0.05, 0) is 48.5 Å². The zero-order valence-electron chi connectivity index (χ0n) is 35.6.